The van der Waals surface area contributed by atoms with Crippen LogP contribution in [0.15, 0.2) is 0 Å². The molecule has 2 aliphatic carbocycles. The van der Waals surface area contributed by atoms with Crippen LogP contribution >= 0.6 is 0 Å². The minimum atomic E-state index is -0.0174. The smallest absolute Gasteiger partial charge is 0.0604 e. The molecule has 0 aromatic carbocycles. The molecule has 0 saturated heterocycles. The van der Waals surface area contributed by atoms with E-state index < -0.39 is 0 Å². The van der Waals surface area contributed by atoms with Gasteiger partial charge in [0.1, 0.15) is 0 Å². The normalized spacial score (nSPS) is 51.0. The highest BCUT2D eigenvalue weighted by atomic mass is 16.3. The average Bonchev–Trinajstić information content (AvgIpc) is 2.48. The van der Waals surface area contributed by atoms with Crippen molar-refractivity contribution in [2.75, 3.05) is 0 Å². The Morgan fingerprint density at radius 1 is 1.33 bits per heavy atom. The van der Waals surface area contributed by atoms with Crippen LogP contribution in [0.1, 0.15) is 46.5 Å². The zero-order valence-electron chi connectivity index (χ0n) is 8.43. The van der Waals surface area contributed by atoms with Gasteiger partial charge in [0.05, 0.1) is 6.10 Å². The Balaban J connectivity index is 2.10. The lowest BCUT2D eigenvalue weighted by Gasteiger charge is -2.34. The molecule has 0 aromatic rings. The molecule has 0 amide bonds. The molecule has 0 aromatic heterocycles. The SMILES string of the molecule is C[C@H]1CCC2(CC2(C)C)[C@@H](O)C1. The predicted octanol–water partition coefficient (Wildman–Crippen LogP) is 2.58. The second-order valence-electron chi connectivity index (χ2n) is 5.61. The number of aliphatic hydroxyl groups excluding tert-OH is 1. The Hall–Kier alpha value is -0.0400. The molecule has 2 saturated carbocycles. The minimum absolute atomic E-state index is 0.0174. The molecule has 1 spiro atoms. The van der Waals surface area contributed by atoms with Crippen molar-refractivity contribution in [3.8, 4) is 0 Å². The van der Waals surface area contributed by atoms with E-state index in [1.54, 1.807) is 0 Å². The fourth-order valence-electron chi connectivity index (χ4n) is 3.14. The monoisotopic (exact) mass is 168 g/mol. The molecule has 0 radical (unpaired) electrons. The number of aliphatic hydroxyl groups is 1. The summed E-state index contributed by atoms with van der Waals surface area (Å²) >= 11 is 0. The van der Waals surface area contributed by atoms with Gasteiger partial charge in [-0.2, -0.15) is 0 Å². The van der Waals surface area contributed by atoms with E-state index in [1.165, 1.54) is 19.3 Å². The van der Waals surface area contributed by atoms with Gasteiger partial charge in [-0.15, -0.1) is 0 Å². The van der Waals surface area contributed by atoms with Crippen LogP contribution in [0.4, 0.5) is 0 Å². The molecule has 0 aliphatic heterocycles. The molecule has 3 atom stereocenters. The van der Waals surface area contributed by atoms with Crippen molar-refractivity contribution in [2.24, 2.45) is 16.7 Å². The molecule has 0 heterocycles. The van der Waals surface area contributed by atoms with Gasteiger partial charge in [0.2, 0.25) is 0 Å². The zero-order chi connectivity index (χ0) is 8.98. The number of rotatable bonds is 0. The first-order chi connectivity index (χ1) is 5.48. The molecule has 1 nitrogen and oxygen atoms in total. The summed E-state index contributed by atoms with van der Waals surface area (Å²) in [6, 6.07) is 0. The van der Waals surface area contributed by atoms with Crippen LogP contribution in [0.2, 0.25) is 0 Å². The van der Waals surface area contributed by atoms with Gasteiger partial charge in [-0.25, -0.2) is 0 Å². The Labute approximate surface area is 75.2 Å². The average molecular weight is 168 g/mol. The van der Waals surface area contributed by atoms with E-state index in [1.807, 2.05) is 0 Å². The topological polar surface area (TPSA) is 20.2 Å². The van der Waals surface area contributed by atoms with Gasteiger partial charge in [0.15, 0.2) is 0 Å². The van der Waals surface area contributed by atoms with Crippen molar-refractivity contribution in [1.29, 1.82) is 0 Å². The summed E-state index contributed by atoms with van der Waals surface area (Å²) in [5.74, 6) is 0.738. The molecule has 0 bridgehead atoms. The van der Waals surface area contributed by atoms with Crippen molar-refractivity contribution in [2.45, 2.75) is 52.6 Å². The molecule has 2 fully saturated rings. The Kier molecular flexibility index (Phi) is 1.61. The second kappa shape index (κ2) is 2.25. The summed E-state index contributed by atoms with van der Waals surface area (Å²) in [6.45, 7) is 6.85. The van der Waals surface area contributed by atoms with E-state index in [2.05, 4.69) is 20.8 Å². The Morgan fingerprint density at radius 2 is 1.92 bits per heavy atom. The maximum Gasteiger partial charge on any atom is 0.0604 e. The largest absolute Gasteiger partial charge is 0.393 e. The van der Waals surface area contributed by atoms with Crippen molar-refractivity contribution < 1.29 is 5.11 Å². The molecule has 2 aliphatic rings. The number of hydrogen-bond donors (Lipinski definition) is 1. The molecule has 70 valence electrons. The van der Waals surface area contributed by atoms with E-state index in [-0.39, 0.29) is 6.10 Å². The highest BCUT2D eigenvalue weighted by molar-refractivity contribution is 5.14. The summed E-state index contributed by atoms with van der Waals surface area (Å²) in [5, 5.41) is 10.0. The maximum absolute atomic E-state index is 10.0. The van der Waals surface area contributed by atoms with Gasteiger partial charge >= 0.3 is 0 Å². The van der Waals surface area contributed by atoms with Crippen molar-refractivity contribution in [1.82, 2.24) is 0 Å². The lowest BCUT2D eigenvalue weighted by Crippen LogP contribution is -2.33. The van der Waals surface area contributed by atoms with Crippen molar-refractivity contribution in [3.63, 3.8) is 0 Å². The predicted molar refractivity (Wildman–Crippen MR) is 49.9 cm³/mol. The lowest BCUT2D eigenvalue weighted by atomic mass is 9.74. The zero-order valence-corrected chi connectivity index (χ0v) is 8.43. The first kappa shape index (κ1) is 8.55. The van der Waals surface area contributed by atoms with E-state index in [0.29, 0.717) is 10.8 Å². The summed E-state index contributed by atoms with van der Waals surface area (Å²) < 4.78 is 0. The molecule has 1 unspecified atom stereocenters. The molecular weight excluding hydrogens is 148 g/mol. The van der Waals surface area contributed by atoms with Crippen LogP contribution in [0.25, 0.3) is 0 Å². The summed E-state index contributed by atoms with van der Waals surface area (Å²) in [5.41, 5.74) is 0.742. The summed E-state index contributed by atoms with van der Waals surface area (Å²) in [6.07, 6.45) is 4.83. The van der Waals surface area contributed by atoms with Crippen LogP contribution in [-0.2, 0) is 0 Å². The highest BCUT2D eigenvalue weighted by Gasteiger charge is 2.65. The fourth-order valence-corrected chi connectivity index (χ4v) is 3.14. The van der Waals surface area contributed by atoms with Crippen molar-refractivity contribution >= 4 is 0 Å². The molecule has 2 rings (SSSR count). The van der Waals surface area contributed by atoms with Gasteiger partial charge < -0.3 is 5.11 Å². The fraction of sp³-hybridized carbons (Fsp3) is 1.00. The van der Waals surface area contributed by atoms with Crippen LogP contribution in [-0.4, -0.2) is 11.2 Å². The minimum Gasteiger partial charge on any atom is -0.393 e. The second-order valence-corrected chi connectivity index (χ2v) is 5.61. The highest BCUT2D eigenvalue weighted by Crippen LogP contribution is 2.70. The molecule has 1 heteroatoms. The standard InChI is InChI=1S/C11H20O/c1-8-4-5-11(9(12)6-8)7-10(11,2)3/h8-9,12H,4-7H2,1-3H3/t8-,9-,11?/m0/s1. The van der Waals surface area contributed by atoms with Crippen LogP contribution in [0.3, 0.4) is 0 Å². The lowest BCUT2D eigenvalue weighted by molar-refractivity contribution is 0.0144. The third-order valence-corrected chi connectivity index (χ3v) is 4.33. The summed E-state index contributed by atoms with van der Waals surface area (Å²) in [7, 11) is 0. The summed E-state index contributed by atoms with van der Waals surface area (Å²) in [4.78, 5) is 0. The first-order valence-electron chi connectivity index (χ1n) is 5.16. The van der Waals surface area contributed by atoms with Gasteiger partial charge in [-0.1, -0.05) is 20.8 Å². The van der Waals surface area contributed by atoms with Crippen LogP contribution in [0.5, 0.6) is 0 Å². The van der Waals surface area contributed by atoms with Gasteiger partial charge in [0, 0.05) is 5.41 Å². The van der Waals surface area contributed by atoms with E-state index >= 15 is 0 Å². The van der Waals surface area contributed by atoms with Gasteiger partial charge in [0.25, 0.3) is 0 Å². The van der Waals surface area contributed by atoms with Crippen molar-refractivity contribution in [3.05, 3.63) is 0 Å². The Morgan fingerprint density at radius 3 is 2.33 bits per heavy atom. The van der Waals surface area contributed by atoms with E-state index in [4.69, 9.17) is 0 Å². The first-order valence-corrected chi connectivity index (χ1v) is 5.16. The van der Waals surface area contributed by atoms with Gasteiger partial charge in [-0.05, 0) is 37.0 Å². The Bertz CT molecular complexity index is 197. The third kappa shape index (κ3) is 0.953. The maximum atomic E-state index is 10.0. The third-order valence-electron chi connectivity index (χ3n) is 4.33. The van der Waals surface area contributed by atoms with E-state index in [0.717, 1.165) is 12.3 Å². The molecule has 12 heavy (non-hydrogen) atoms. The van der Waals surface area contributed by atoms with Crippen LogP contribution < -0.4 is 0 Å². The van der Waals surface area contributed by atoms with Crippen LogP contribution in [0, 0.1) is 16.7 Å². The molecule has 1 N–H and O–H groups in total. The molecular formula is C11H20O. The number of hydrogen-bond acceptors (Lipinski definition) is 1. The van der Waals surface area contributed by atoms with Gasteiger partial charge in [-0.3, -0.25) is 0 Å². The quantitative estimate of drug-likeness (QED) is 0.589. The van der Waals surface area contributed by atoms with E-state index in [9.17, 15) is 5.11 Å².